The maximum Gasteiger partial charge on any atom is 0.306 e. The average Bonchev–Trinajstić information content (AvgIpc) is 3.21. The van der Waals surface area contributed by atoms with Crippen LogP contribution in [0.25, 0.3) is 0 Å². The molecule has 10 nitrogen and oxygen atoms in total. The molecular formula is C47H86O10. The summed E-state index contributed by atoms with van der Waals surface area (Å²) in [5.41, 5.74) is 0. The molecule has 0 bridgehead atoms. The fourth-order valence-electron chi connectivity index (χ4n) is 7.05. The molecule has 4 N–H and O–H groups in total. The quantitative estimate of drug-likeness (QED) is 0.0268. The molecule has 6 atom stereocenters. The van der Waals surface area contributed by atoms with Crippen LogP contribution >= 0.6 is 0 Å². The number of hydrogen-bond acceptors (Lipinski definition) is 10. The highest BCUT2D eigenvalue weighted by molar-refractivity contribution is 5.70. The van der Waals surface area contributed by atoms with Crippen LogP contribution in [-0.2, 0) is 28.5 Å². The molecule has 0 aromatic rings. The Labute approximate surface area is 347 Å². The van der Waals surface area contributed by atoms with E-state index in [0.717, 1.165) is 57.8 Å². The predicted octanol–water partition coefficient (Wildman–Crippen LogP) is 10.1. The summed E-state index contributed by atoms with van der Waals surface area (Å²) in [5, 5.41) is 40.0. The third kappa shape index (κ3) is 30.0. The van der Waals surface area contributed by atoms with Gasteiger partial charge in [-0.05, 0) is 57.8 Å². The Balaban J connectivity index is 2.25. The zero-order valence-electron chi connectivity index (χ0n) is 36.3. The summed E-state index contributed by atoms with van der Waals surface area (Å²) >= 11 is 0. The van der Waals surface area contributed by atoms with E-state index in [9.17, 15) is 30.0 Å². The first kappa shape index (κ1) is 53.2. The van der Waals surface area contributed by atoms with Crippen LogP contribution in [-0.4, -0.2) is 89.0 Å². The minimum Gasteiger partial charge on any atom is -0.462 e. The number of carbonyl (C=O) groups is 2. The van der Waals surface area contributed by atoms with Crippen molar-refractivity contribution < 1.29 is 49.0 Å². The third-order valence-electron chi connectivity index (χ3n) is 10.8. The largest absolute Gasteiger partial charge is 0.462 e. The lowest BCUT2D eigenvalue weighted by Crippen LogP contribution is -2.59. The highest BCUT2D eigenvalue weighted by Crippen LogP contribution is 2.23. The topological polar surface area (TPSA) is 152 Å². The van der Waals surface area contributed by atoms with Crippen LogP contribution in [0.15, 0.2) is 24.3 Å². The number of rotatable bonds is 39. The molecule has 1 fully saturated rings. The predicted molar refractivity (Wildman–Crippen MR) is 229 cm³/mol. The molecule has 10 heteroatoms. The van der Waals surface area contributed by atoms with Gasteiger partial charge < -0.3 is 39.4 Å². The van der Waals surface area contributed by atoms with E-state index in [1.54, 1.807) is 0 Å². The first-order valence-corrected chi connectivity index (χ1v) is 23.4. The standard InChI is InChI=1S/C47H86O10/c1-3-5-7-9-11-13-15-16-17-18-19-20-21-22-23-24-26-27-29-31-33-35-42(49)54-38-40(39-55-47-46(53)45(52)44(51)41(37-48)57-47)56-43(50)36-34-32-30-28-25-14-12-10-8-6-4-2/h10,12,16-17,40-41,44-48,51-53H,3-9,11,13-15,18-39H2,1-2H3/b12-10+,17-16+/t40-,41-,44+,45?,46?,47-/m0/s1. The van der Waals surface area contributed by atoms with Crippen LogP contribution in [0.3, 0.4) is 0 Å². The Morgan fingerprint density at radius 2 is 0.947 bits per heavy atom. The molecule has 334 valence electrons. The van der Waals surface area contributed by atoms with Gasteiger partial charge in [0.25, 0.3) is 0 Å². The van der Waals surface area contributed by atoms with Crippen molar-refractivity contribution in [2.45, 2.75) is 243 Å². The molecular weight excluding hydrogens is 725 g/mol. The molecule has 0 saturated carbocycles. The van der Waals surface area contributed by atoms with Crippen LogP contribution in [0.1, 0.15) is 206 Å². The fraction of sp³-hybridized carbons (Fsp3) is 0.872. The number of allylic oxidation sites excluding steroid dienone is 4. The van der Waals surface area contributed by atoms with Crippen molar-refractivity contribution >= 4 is 11.9 Å². The van der Waals surface area contributed by atoms with Gasteiger partial charge in [-0.2, -0.15) is 0 Å². The molecule has 0 aromatic heterocycles. The molecule has 57 heavy (non-hydrogen) atoms. The molecule has 1 saturated heterocycles. The molecule has 0 radical (unpaired) electrons. The van der Waals surface area contributed by atoms with E-state index in [0.29, 0.717) is 6.42 Å². The number of ether oxygens (including phenoxy) is 4. The van der Waals surface area contributed by atoms with Gasteiger partial charge in [0.1, 0.15) is 31.0 Å². The summed E-state index contributed by atoms with van der Waals surface area (Å²) in [4.78, 5) is 25.3. The van der Waals surface area contributed by atoms with Crippen LogP contribution in [0.5, 0.6) is 0 Å². The maximum atomic E-state index is 12.7. The second-order valence-electron chi connectivity index (χ2n) is 16.2. The molecule has 1 aliphatic rings. The minimum atomic E-state index is -1.59. The van der Waals surface area contributed by atoms with Crippen molar-refractivity contribution in [1.29, 1.82) is 0 Å². The monoisotopic (exact) mass is 811 g/mol. The van der Waals surface area contributed by atoms with Gasteiger partial charge in [-0.25, -0.2) is 0 Å². The Bertz CT molecular complexity index is 985. The highest BCUT2D eigenvalue weighted by atomic mass is 16.7. The van der Waals surface area contributed by atoms with E-state index in [1.165, 1.54) is 116 Å². The Hall–Kier alpha value is -1.82. The molecule has 0 aliphatic carbocycles. The zero-order valence-corrected chi connectivity index (χ0v) is 36.3. The van der Waals surface area contributed by atoms with E-state index in [4.69, 9.17) is 18.9 Å². The second kappa shape index (κ2) is 38.4. The lowest BCUT2D eigenvalue weighted by atomic mass is 9.99. The molecule has 1 rings (SSSR count). The van der Waals surface area contributed by atoms with E-state index in [-0.39, 0.29) is 32.0 Å². The van der Waals surface area contributed by atoms with Gasteiger partial charge >= 0.3 is 11.9 Å². The summed E-state index contributed by atoms with van der Waals surface area (Å²) in [5.74, 6) is -0.813. The number of hydrogen-bond donors (Lipinski definition) is 4. The number of carbonyl (C=O) groups excluding carboxylic acids is 2. The molecule has 2 unspecified atom stereocenters. The molecule has 0 aromatic carbocycles. The van der Waals surface area contributed by atoms with Crippen molar-refractivity contribution in [3.05, 3.63) is 24.3 Å². The minimum absolute atomic E-state index is 0.219. The van der Waals surface area contributed by atoms with Crippen molar-refractivity contribution in [3.8, 4) is 0 Å². The normalized spacial score (nSPS) is 20.4. The first-order chi connectivity index (χ1) is 27.8. The molecule has 0 amide bonds. The SMILES string of the molecule is CCCC/C=C/CCCCCCCC(=O)O[C@@H](COC(=O)CCCCCCCCCCCCC/C=C/CCCCCCCC)CO[C@H]1O[C@@H](CO)[C@@H](O)C(O)C1O. The maximum absolute atomic E-state index is 12.7. The van der Waals surface area contributed by atoms with Crippen molar-refractivity contribution in [2.24, 2.45) is 0 Å². The Morgan fingerprint density at radius 3 is 1.42 bits per heavy atom. The summed E-state index contributed by atoms with van der Waals surface area (Å²) in [6.45, 7) is 3.38. The lowest BCUT2D eigenvalue weighted by molar-refractivity contribution is -0.305. The Kier molecular flexibility index (Phi) is 35.8. The van der Waals surface area contributed by atoms with Crippen LogP contribution in [0.4, 0.5) is 0 Å². The zero-order chi connectivity index (χ0) is 41.6. The van der Waals surface area contributed by atoms with E-state index in [2.05, 4.69) is 38.2 Å². The molecule has 0 spiro atoms. The van der Waals surface area contributed by atoms with E-state index in [1.807, 2.05) is 0 Å². The van der Waals surface area contributed by atoms with Gasteiger partial charge in [-0.15, -0.1) is 0 Å². The van der Waals surface area contributed by atoms with Gasteiger partial charge in [-0.1, -0.05) is 160 Å². The average molecular weight is 811 g/mol. The summed E-state index contributed by atoms with van der Waals surface area (Å²) < 4.78 is 22.1. The highest BCUT2D eigenvalue weighted by Gasteiger charge is 2.44. The molecule has 1 aliphatic heterocycles. The number of aliphatic hydroxyl groups excluding tert-OH is 4. The van der Waals surface area contributed by atoms with Crippen LogP contribution in [0, 0.1) is 0 Å². The van der Waals surface area contributed by atoms with E-state index >= 15 is 0 Å². The van der Waals surface area contributed by atoms with Gasteiger partial charge in [0.2, 0.25) is 0 Å². The second-order valence-corrected chi connectivity index (χ2v) is 16.2. The van der Waals surface area contributed by atoms with Crippen molar-refractivity contribution in [1.82, 2.24) is 0 Å². The lowest BCUT2D eigenvalue weighted by Gasteiger charge is -2.39. The van der Waals surface area contributed by atoms with Crippen molar-refractivity contribution in [2.75, 3.05) is 19.8 Å². The third-order valence-corrected chi connectivity index (χ3v) is 10.8. The number of esters is 2. The molecule has 1 heterocycles. The first-order valence-electron chi connectivity index (χ1n) is 23.4. The van der Waals surface area contributed by atoms with Gasteiger partial charge in [0.15, 0.2) is 12.4 Å². The number of unbranched alkanes of at least 4 members (excludes halogenated alkanes) is 24. The van der Waals surface area contributed by atoms with Crippen molar-refractivity contribution in [3.63, 3.8) is 0 Å². The fourth-order valence-corrected chi connectivity index (χ4v) is 7.05. The van der Waals surface area contributed by atoms with Gasteiger partial charge in [0, 0.05) is 12.8 Å². The van der Waals surface area contributed by atoms with Crippen LogP contribution in [0.2, 0.25) is 0 Å². The van der Waals surface area contributed by atoms with E-state index < -0.39 is 49.4 Å². The summed E-state index contributed by atoms with van der Waals surface area (Å²) in [6, 6.07) is 0. The summed E-state index contributed by atoms with van der Waals surface area (Å²) in [6.07, 6.45) is 34.8. The van der Waals surface area contributed by atoms with Gasteiger partial charge in [0.05, 0.1) is 13.2 Å². The smallest absolute Gasteiger partial charge is 0.306 e. The number of aliphatic hydroxyl groups is 4. The van der Waals surface area contributed by atoms with Gasteiger partial charge in [-0.3, -0.25) is 9.59 Å². The van der Waals surface area contributed by atoms with Crippen LogP contribution < -0.4 is 0 Å². The Morgan fingerprint density at radius 1 is 0.526 bits per heavy atom. The summed E-state index contributed by atoms with van der Waals surface area (Å²) in [7, 11) is 0.